The lowest BCUT2D eigenvalue weighted by molar-refractivity contribution is 0.0963. The highest BCUT2D eigenvalue weighted by Crippen LogP contribution is 2.27. The molecule has 2 N–H and O–H groups in total. The van der Waals surface area contributed by atoms with Crippen LogP contribution < -0.4 is 10.1 Å². The molecule has 1 aromatic carbocycles. The monoisotopic (exact) mass is 249 g/mol. The number of piperidine rings is 1. The largest absolute Gasteiger partial charge is 0.504 e. The maximum absolute atomic E-state index is 12.1. The average molecular weight is 249 g/mol. The molecule has 0 aromatic heterocycles. The molecule has 18 heavy (non-hydrogen) atoms. The molecule has 1 heterocycles. The number of benzene rings is 1. The first kappa shape index (κ1) is 12.9. The normalized spacial score (nSPS) is 19.5. The van der Waals surface area contributed by atoms with E-state index in [4.69, 9.17) is 4.74 Å². The van der Waals surface area contributed by atoms with Crippen molar-refractivity contribution in [1.82, 2.24) is 5.32 Å². The number of nitrogens with one attached hydrogen (secondary N) is 1. The van der Waals surface area contributed by atoms with E-state index in [0.717, 1.165) is 13.0 Å². The summed E-state index contributed by atoms with van der Waals surface area (Å²) < 4.78 is 5.01. The second kappa shape index (κ2) is 5.87. The fourth-order valence-corrected chi connectivity index (χ4v) is 2.29. The number of phenols is 1. The average Bonchev–Trinajstić information content (AvgIpc) is 2.40. The summed E-state index contributed by atoms with van der Waals surface area (Å²) in [4.78, 5) is 12.1. The van der Waals surface area contributed by atoms with Gasteiger partial charge in [0.1, 0.15) is 0 Å². The van der Waals surface area contributed by atoms with E-state index in [2.05, 4.69) is 5.32 Å². The molecule has 4 nitrogen and oxygen atoms in total. The van der Waals surface area contributed by atoms with Gasteiger partial charge in [-0.15, -0.1) is 0 Å². The van der Waals surface area contributed by atoms with Crippen LogP contribution in [0, 0.1) is 0 Å². The van der Waals surface area contributed by atoms with Gasteiger partial charge in [0.2, 0.25) is 0 Å². The highest BCUT2D eigenvalue weighted by molar-refractivity contribution is 5.97. The molecule has 1 atom stereocenters. The Bertz CT molecular complexity index is 425. The van der Waals surface area contributed by atoms with Crippen molar-refractivity contribution in [2.24, 2.45) is 0 Å². The van der Waals surface area contributed by atoms with Crippen molar-refractivity contribution in [2.45, 2.75) is 31.7 Å². The molecule has 1 saturated heterocycles. The van der Waals surface area contributed by atoms with Gasteiger partial charge in [0.05, 0.1) is 7.11 Å². The van der Waals surface area contributed by atoms with Crippen molar-refractivity contribution in [3.63, 3.8) is 0 Å². The number of ketones is 1. The van der Waals surface area contributed by atoms with Gasteiger partial charge < -0.3 is 15.2 Å². The Balaban J connectivity index is 2.03. The van der Waals surface area contributed by atoms with Crippen molar-refractivity contribution >= 4 is 5.78 Å². The van der Waals surface area contributed by atoms with Gasteiger partial charge in [-0.3, -0.25) is 4.79 Å². The first-order valence-electron chi connectivity index (χ1n) is 6.34. The number of Topliss-reactive ketones (excluding diaryl/α,β-unsaturated/α-hetero) is 1. The lowest BCUT2D eigenvalue weighted by Gasteiger charge is -2.22. The van der Waals surface area contributed by atoms with E-state index in [9.17, 15) is 9.90 Å². The molecule has 0 amide bonds. The minimum Gasteiger partial charge on any atom is -0.504 e. The third-order valence-corrected chi connectivity index (χ3v) is 3.35. The number of rotatable bonds is 4. The van der Waals surface area contributed by atoms with Gasteiger partial charge in [0, 0.05) is 18.0 Å². The summed E-state index contributed by atoms with van der Waals surface area (Å²) in [7, 11) is 1.48. The maximum atomic E-state index is 12.1. The van der Waals surface area contributed by atoms with E-state index in [1.54, 1.807) is 12.1 Å². The van der Waals surface area contributed by atoms with E-state index >= 15 is 0 Å². The Labute approximate surface area is 107 Å². The summed E-state index contributed by atoms with van der Waals surface area (Å²) in [6.07, 6.45) is 3.94. The predicted molar refractivity (Wildman–Crippen MR) is 69.2 cm³/mol. The standard InChI is InChI=1S/C14H19NO3/c1-18-14-8-10(5-6-12(14)16)13(17)9-11-4-2-3-7-15-11/h5-6,8,11,15-16H,2-4,7,9H2,1H3/t11-/m1/s1. The quantitative estimate of drug-likeness (QED) is 0.802. The SMILES string of the molecule is COc1cc(C(=O)C[C@H]2CCCCN2)ccc1O. The third-order valence-electron chi connectivity index (χ3n) is 3.35. The van der Waals surface area contributed by atoms with Crippen LogP contribution in [-0.4, -0.2) is 30.6 Å². The minimum absolute atomic E-state index is 0.0600. The second-order valence-electron chi connectivity index (χ2n) is 4.66. The lowest BCUT2D eigenvalue weighted by Crippen LogP contribution is -2.35. The Hall–Kier alpha value is -1.55. The number of carbonyl (C=O) groups is 1. The molecule has 0 aliphatic carbocycles. The molecule has 0 bridgehead atoms. The summed E-state index contributed by atoms with van der Waals surface area (Å²) in [6, 6.07) is 5.02. The molecule has 1 aromatic rings. The van der Waals surface area contributed by atoms with Crippen LogP contribution >= 0.6 is 0 Å². The van der Waals surface area contributed by atoms with E-state index in [0.29, 0.717) is 17.7 Å². The molecule has 0 spiro atoms. The molecule has 1 aliphatic rings. The number of ether oxygens (including phenoxy) is 1. The van der Waals surface area contributed by atoms with Gasteiger partial charge in [-0.25, -0.2) is 0 Å². The highest BCUT2D eigenvalue weighted by Gasteiger charge is 2.18. The molecule has 2 rings (SSSR count). The maximum Gasteiger partial charge on any atom is 0.164 e. The van der Waals surface area contributed by atoms with E-state index in [-0.39, 0.29) is 17.6 Å². The summed E-state index contributed by atoms with van der Waals surface area (Å²) in [5, 5.41) is 12.8. The van der Waals surface area contributed by atoms with Crippen molar-refractivity contribution < 1.29 is 14.6 Å². The van der Waals surface area contributed by atoms with Crippen LogP contribution in [0.2, 0.25) is 0 Å². The predicted octanol–water partition coefficient (Wildman–Crippen LogP) is 2.12. The van der Waals surface area contributed by atoms with Gasteiger partial charge in [0.15, 0.2) is 17.3 Å². The van der Waals surface area contributed by atoms with Crippen molar-refractivity contribution in [2.75, 3.05) is 13.7 Å². The minimum atomic E-state index is 0.0600. The molecule has 98 valence electrons. The van der Waals surface area contributed by atoms with Crippen molar-refractivity contribution in [3.05, 3.63) is 23.8 Å². The number of methoxy groups -OCH3 is 1. The van der Waals surface area contributed by atoms with Crippen LogP contribution in [0.3, 0.4) is 0 Å². The van der Waals surface area contributed by atoms with Crippen LogP contribution in [0.15, 0.2) is 18.2 Å². The third kappa shape index (κ3) is 3.01. The Morgan fingerprint density at radius 2 is 2.33 bits per heavy atom. The Morgan fingerprint density at radius 3 is 3.00 bits per heavy atom. The van der Waals surface area contributed by atoms with Gasteiger partial charge in [0.25, 0.3) is 0 Å². The van der Waals surface area contributed by atoms with Gasteiger partial charge in [-0.2, -0.15) is 0 Å². The Kier molecular flexibility index (Phi) is 4.20. The van der Waals surface area contributed by atoms with Crippen molar-refractivity contribution in [1.29, 1.82) is 0 Å². The summed E-state index contributed by atoms with van der Waals surface area (Å²) >= 11 is 0. The highest BCUT2D eigenvalue weighted by atomic mass is 16.5. The van der Waals surface area contributed by atoms with Gasteiger partial charge >= 0.3 is 0 Å². The van der Waals surface area contributed by atoms with Gasteiger partial charge in [-0.05, 0) is 37.6 Å². The number of hydrogen-bond acceptors (Lipinski definition) is 4. The first-order valence-corrected chi connectivity index (χ1v) is 6.34. The van der Waals surface area contributed by atoms with E-state index < -0.39 is 0 Å². The second-order valence-corrected chi connectivity index (χ2v) is 4.66. The zero-order valence-corrected chi connectivity index (χ0v) is 10.6. The molecule has 0 unspecified atom stereocenters. The molecular formula is C14H19NO3. The fraction of sp³-hybridized carbons (Fsp3) is 0.500. The van der Waals surface area contributed by atoms with Crippen LogP contribution in [0.4, 0.5) is 0 Å². The smallest absolute Gasteiger partial charge is 0.164 e. The topological polar surface area (TPSA) is 58.6 Å². The van der Waals surface area contributed by atoms with Gasteiger partial charge in [-0.1, -0.05) is 6.42 Å². The lowest BCUT2D eigenvalue weighted by atomic mass is 9.97. The van der Waals surface area contributed by atoms with Crippen LogP contribution in [-0.2, 0) is 0 Å². The zero-order valence-electron chi connectivity index (χ0n) is 10.6. The Morgan fingerprint density at radius 1 is 1.50 bits per heavy atom. The van der Waals surface area contributed by atoms with Crippen LogP contribution in [0.25, 0.3) is 0 Å². The van der Waals surface area contributed by atoms with Crippen LogP contribution in [0.1, 0.15) is 36.0 Å². The molecule has 1 aliphatic heterocycles. The molecular weight excluding hydrogens is 230 g/mol. The number of phenolic OH excluding ortho intramolecular Hbond substituents is 1. The zero-order chi connectivity index (χ0) is 13.0. The summed E-state index contributed by atoms with van der Waals surface area (Å²) in [5.41, 5.74) is 0.594. The summed E-state index contributed by atoms with van der Waals surface area (Å²) in [5.74, 6) is 0.495. The fourth-order valence-electron chi connectivity index (χ4n) is 2.29. The number of carbonyl (C=O) groups excluding carboxylic acids is 1. The number of hydrogen-bond donors (Lipinski definition) is 2. The molecule has 1 fully saturated rings. The van der Waals surface area contributed by atoms with Crippen LogP contribution in [0.5, 0.6) is 11.5 Å². The molecule has 0 radical (unpaired) electrons. The molecule has 0 saturated carbocycles. The molecule has 4 heteroatoms. The summed E-state index contributed by atoms with van der Waals surface area (Å²) in [6.45, 7) is 0.997. The number of aromatic hydroxyl groups is 1. The van der Waals surface area contributed by atoms with E-state index in [1.165, 1.54) is 26.0 Å². The van der Waals surface area contributed by atoms with E-state index in [1.807, 2.05) is 0 Å². The van der Waals surface area contributed by atoms with Crippen molar-refractivity contribution in [3.8, 4) is 11.5 Å². The first-order chi connectivity index (χ1) is 8.70.